The molecule has 1 fully saturated rings. The topological polar surface area (TPSA) is 49.8 Å². The van der Waals surface area contributed by atoms with Gasteiger partial charge in [0.25, 0.3) is 5.91 Å². The Balaban J connectivity index is 1.98. The molecule has 4 nitrogen and oxygen atoms in total. The van der Waals surface area contributed by atoms with Gasteiger partial charge in [-0.05, 0) is 49.8 Å². The number of amides is 1. The van der Waals surface area contributed by atoms with Crippen LogP contribution in [0.2, 0.25) is 5.02 Å². The minimum absolute atomic E-state index is 0.0472. The van der Waals surface area contributed by atoms with Crippen molar-refractivity contribution >= 4 is 17.5 Å². The summed E-state index contributed by atoms with van der Waals surface area (Å²) in [6.07, 6.45) is 4.26. The third kappa shape index (κ3) is 4.35. The molecule has 0 unspecified atom stereocenters. The smallest absolute Gasteiger partial charge is 0.257 e. The van der Waals surface area contributed by atoms with Crippen molar-refractivity contribution in [2.75, 3.05) is 26.8 Å². The van der Waals surface area contributed by atoms with Crippen LogP contribution in [0.4, 0.5) is 0 Å². The Labute approximate surface area is 130 Å². The molecule has 1 heterocycles. The van der Waals surface area contributed by atoms with Crippen LogP contribution in [0, 0.1) is 5.92 Å². The number of hydrogen-bond donors (Lipinski definition) is 1. The van der Waals surface area contributed by atoms with E-state index in [0.717, 1.165) is 45.4 Å². The van der Waals surface area contributed by atoms with E-state index in [2.05, 4.69) is 0 Å². The summed E-state index contributed by atoms with van der Waals surface area (Å²) in [5.41, 5.74) is 0.331. The van der Waals surface area contributed by atoms with Crippen LogP contribution in [0.5, 0.6) is 5.75 Å². The van der Waals surface area contributed by atoms with Gasteiger partial charge in [0.2, 0.25) is 0 Å². The number of methoxy groups -OCH3 is 1. The van der Waals surface area contributed by atoms with Crippen molar-refractivity contribution < 1.29 is 14.6 Å². The van der Waals surface area contributed by atoms with E-state index >= 15 is 0 Å². The highest BCUT2D eigenvalue weighted by atomic mass is 35.5. The zero-order valence-corrected chi connectivity index (χ0v) is 13.1. The molecular formula is C16H22ClNO3. The largest absolute Gasteiger partial charge is 0.507 e. The number of phenols is 1. The molecule has 1 aromatic rings. The Hall–Kier alpha value is -1.26. The van der Waals surface area contributed by atoms with Crippen LogP contribution in [0.1, 0.15) is 36.0 Å². The van der Waals surface area contributed by atoms with Crippen LogP contribution in [0.15, 0.2) is 18.2 Å². The van der Waals surface area contributed by atoms with E-state index in [1.807, 2.05) is 4.90 Å². The van der Waals surface area contributed by atoms with Gasteiger partial charge >= 0.3 is 0 Å². The zero-order chi connectivity index (χ0) is 15.2. The summed E-state index contributed by atoms with van der Waals surface area (Å²) in [6, 6.07) is 4.64. The van der Waals surface area contributed by atoms with E-state index in [4.69, 9.17) is 16.3 Å². The van der Waals surface area contributed by atoms with Gasteiger partial charge in [0.05, 0.1) is 5.56 Å². The van der Waals surface area contributed by atoms with E-state index in [-0.39, 0.29) is 11.7 Å². The first-order valence-electron chi connectivity index (χ1n) is 7.38. The van der Waals surface area contributed by atoms with Crippen LogP contribution in [0.25, 0.3) is 0 Å². The molecule has 0 radical (unpaired) electrons. The lowest BCUT2D eigenvalue weighted by molar-refractivity contribution is 0.0657. The quantitative estimate of drug-likeness (QED) is 0.849. The Bertz CT molecular complexity index is 492. The predicted molar refractivity (Wildman–Crippen MR) is 82.9 cm³/mol. The van der Waals surface area contributed by atoms with Crippen LogP contribution in [0.3, 0.4) is 0 Å². The second-order valence-electron chi connectivity index (χ2n) is 5.56. The van der Waals surface area contributed by atoms with E-state index < -0.39 is 0 Å². The molecule has 0 aromatic heterocycles. The fraction of sp³-hybridized carbons (Fsp3) is 0.562. The average molecular weight is 312 g/mol. The molecule has 0 saturated carbocycles. The van der Waals surface area contributed by atoms with Crippen molar-refractivity contribution in [2.45, 2.75) is 25.7 Å². The number of hydrogen-bond acceptors (Lipinski definition) is 3. The van der Waals surface area contributed by atoms with E-state index in [1.54, 1.807) is 19.2 Å². The molecule has 1 aliphatic rings. The zero-order valence-electron chi connectivity index (χ0n) is 12.3. The maximum atomic E-state index is 12.5. The third-order valence-corrected chi connectivity index (χ3v) is 4.19. The van der Waals surface area contributed by atoms with Crippen molar-refractivity contribution in [3.8, 4) is 5.75 Å². The van der Waals surface area contributed by atoms with Gasteiger partial charge in [0, 0.05) is 31.8 Å². The molecule has 5 heteroatoms. The van der Waals surface area contributed by atoms with Gasteiger partial charge in [0.1, 0.15) is 5.75 Å². The number of halogens is 1. The number of carbonyl (C=O) groups excluding carboxylic acids is 1. The number of phenolic OH excluding ortho intramolecular Hbond substituents is 1. The molecule has 1 aromatic carbocycles. The summed E-state index contributed by atoms with van der Waals surface area (Å²) < 4.78 is 5.08. The summed E-state index contributed by atoms with van der Waals surface area (Å²) in [4.78, 5) is 14.3. The predicted octanol–water partition coefficient (Wildman–Crippen LogP) is 3.32. The van der Waals surface area contributed by atoms with E-state index in [1.165, 1.54) is 6.07 Å². The molecule has 0 bridgehead atoms. The number of nitrogens with zero attached hydrogens (tertiary/aromatic N) is 1. The fourth-order valence-electron chi connectivity index (χ4n) is 2.86. The highest BCUT2D eigenvalue weighted by Gasteiger charge is 2.25. The third-order valence-electron chi connectivity index (χ3n) is 3.96. The Morgan fingerprint density at radius 3 is 3.05 bits per heavy atom. The SMILES string of the molecule is COCCC[C@@H]1CCCN(C(=O)c2ccc(Cl)cc2O)C1. The van der Waals surface area contributed by atoms with Crippen molar-refractivity contribution in [3.05, 3.63) is 28.8 Å². The first-order chi connectivity index (χ1) is 10.1. The summed E-state index contributed by atoms with van der Waals surface area (Å²) in [6.45, 7) is 2.27. The summed E-state index contributed by atoms with van der Waals surface area (Å²) >= 11 is 5.80. The van der Waals surface area contributed by atoms with Crippen LogP contribution >= 0.6 is 11.6 Å². The van der Waals surface area contributed by atoms with Gasteiger partial charge in [-0.15, -0.1) is 0 Å². The number of likely N-dealkylation sites (tertiary alicyclic amines) is 1. The minimum Gasteiger partial charge on any atom is -0.507 e. The van der Waals surface area contributed by atoms with Crippen LogP contribution < -0.4 is 0 Å². The molecule has 1 aliphatic heterocycles. The highest BCUT2D eigenvalue weighted by molar-refractivity contribution is 6.30. The van der Waals surface area contributed by atoms with Crippen molar-refractivity contribution in [1.29, 1.82) is 0 Å². The Morgan fingerprint density at radius 2 is 2.33 bits per heavy atom. The number of rotatable bonds is 5. The van der Waals surface area contributed by atoms with Gasteiger partial charge in [-0.2, -0.15) is 0 Å². The maximum Gasteiger partial charge on any atom is 0.257 e. The number of benzene rings is 1. The van der Waals surface area contributed by atoms with Gasteiger partial charge < -0.3 is 14.7 Å². The minimum atomic E-state index is -0.111. The van der Waals surface area contributed by atoms with Gasteiger partial charge in [-0.25, -0.2) is 0 Å². The molecule has 1 saturated heterocycles. The molecule has 21 heavy (non-hydrogen) atoms. The maximum absolute atomic E-state index is 12.5. The first-order valence-corrected chi connectivity index (χ1v) is 7.76. The second kappa shape index (κ2) is 7.66. The molecule has 1 atom stereocenters. The summed E-state index contributed by atoms with van der Waals surface area (Å²) in [5.74, 6) is 0.363. The molecule has 2 rings (SSSR count). The molecule has 1 amide bonds. The van der Waals surface area contributed by atoms with Gasteiger partial charge in [-0.3, -0.25) is 4.79 Å². The van der Waals surface area contributed by atoms with Crippen LogP contribution in [-0.2, 0) is 4.74 Å². The summed E-state index contributed by atoms with van der Waals surface area (Å²) in [7, 11) is 1.71. The highest BCUT2D eigenvalue weighted by Crippen LogP contribution is 2.27. The normalized spacial score (nSPS) is 18.8. The van der Waals surface area contributed by atoms with Gasteiger partial charge in [-0.1, -0.05) is 11.6 Å². The summed E-state index contributed by atoms with van der Waals surface area (Å²) in [5, 5.41) is 10.3. The number of piperidine rings is 1. The lowest BCUT2D eigenvalue weighted by Gasteiger charge is -2.33. The van der Waals surface area contributed by atoms with Crippen LogP contribution in [-0.4, -0.2) is 42.7 Å². The average Bonchev–Trinajstić information content (AvgIpc) is 2.47. The van der Waals surface area contributed by atoms with E-state index in [9.17, 15) is 9.90 Å². The molecule has 0 spiro atoms. The monoisotopic (exact) mass is 311 g/mol. The van der Waals surface area contributed by atoms with Crippen molar-refractivity contribution in [1.82, 2.24) is 4.90 Å². The van der Waals surface area contributed by atoms with Crippen molar-refractivity contribution in [3.63, 3.8) is 0 Å². The Kier molecular flexibility index (Phi) is 5.88. The number of ether oxygens (including phenoxy) is 1. The Morgan fingerprint density at radius 1 is 1.52 bits per heavy atom. The molecule has 116 valence electrons. The van der Waals surface area contributed by atoms with Crippen molar-refractivity contribution in [2.24, 2.45) is 5.92 Å². The lowest BCUT2D eigenvalue weighted by atomic mass is 9.93. The number of aromatic hydroxyl groups is 1. The first kappa shape index (κ1) is 16.1. The molecule has 0 aliphatic carbocycles. The standard InChI is InChI=1S/C16H22ClNO3/c1-21-9-3-5-12-4-2-8-18(11-12)16(20)14-7-6-13(17)10-15(14)19/h6-7,10,12,19H,2-5,8-9,11H2,1H3/t12-/m0/s1. The molecule has 1 N–H and O–H groups in total. The number of carbonyl (C=O) groups is 1. The fourth-order valence-corrected chi connectivity index (χ4v) is 3.02. The second-order valence-corrected chi connectivity index (χ2v) is 5.99. The molecular weight excluding hydrogens is 290 g/mol. The lowest BCUT2D eigenvalue weighted by Crippen LogP contribution is -2.40. The van der Waals surface area contributed by atoms with E-state index in [0.29, 0.717) is 16.5 Å². The van der Waals surface area contributed by atoms with Gasteiger partial charge in [0.15, 0.2) is 0 Å².